The summed E-state index contributed by atoms with van der Waals surface area (Å²) in [5, 5.41) is 3.82. The molecule has 0 radical (unpaired) electrons. The molecule has 0 amide bonds. The highest BCUT2D eigenvalue weighted by atomic mass is 79.9. The van der Waals surface area contributed by atoms with E-state index in [-0.39, 0.29) is 6.10 Å². The molecule has 0 fully saturated rings. The van der Waals surface area contributed by atoms with E-state index in [4.69, 9.17) is 21.1 Å². The Morgan fingerprint density at radius 2 is 1.83 bits per heavy atom. The fraction of sp³-hybridized carbons (Fsp3) is 0.474. The standard InChI is InChI=1S/C19H24BrClO2/c1-14(2)23-16-8-9-17-15(13-16)7-10-18(19(17)21)22-12-6-4-3-5-11-20/h7-10,13-14H,3-6,11-12H2,1-2H3. The van der Waals surface area contributed by atoms with Crippen molar-refractivity contribution in [2.45, 2.75) is 45.6 Å². The largest absolute Gasteiger partial charge is 0.492 e. The highest BCUT2D eigenvalue weighted by molar-refractivity contribution is 9.09. The normalized spacial score (nSPS) is 11.2. The lowest BCUT2D eigenvalue weighted by Crippen LogP contribution is -2.05. The number of benzene rings is 2. The van der Waals surface area contributed by atoms with Crippen molar-refractivity contribution < 1.29 is 9.47 Å². The molecular formula is C19H24BrClO2. The van der Waals surface area contributed by atoms with Gasteiger partial charge in [0.25, 0.3) is 0 Å². The predicted octanol–water partition coefficient (Wildman–Crippen LogP) is 6.61. The summed E-state index contributed by atoms with van der Waals surface area (Å²) in [6, 6.07) is 9.96. The molecule has 0 saturated heterocycles. The van der Waals surface area contributed by atoms with Crippen LogP contribution in [0.2, 0.25) is 5.02 Å². The molecule has 4 heteroatoms. The number of ether oxygens (including phenoxy) is 2. The molecule has 0 N–H and O–H groups in total. The van der Waals surface area contributed by atoms with Crippen LogP contribution in [0, 0.1) is 0 Å². The molecule has 23 heavy (non-hydrogen) atoms. The Labute approximate surface area is 152 Å². The van der Waals surface area contributed by atoms with E-state index in [1.165, 1.54) is 19.3 Å². The maximum absolute atomic E-state index is 6.49. The third kappa shape index (κ3) is 5.58. The summed E-state index contributed by atoms with van der Waals surface area (Å²) in [6.07, 6.45) is 4.86. The van der Waals surface area contributed by atoms with Gasteiger partial charge in [0.2, 0.25) is 0 Å². The van der Waals surface area contributed by atoms with Crippen LogP contribution >= 0.6 is 27.5 Å². The molecule has 126 valence electrons. The van der Waals surface area contributed by atoms with E-state index >= 15 is 0 Å². The van der Waals surface area contributed by atoms with Crippen molar-refractivity contribution >= 4 is 38.3 Å². The number of hydrogen-bond donors (Lipinski definition) is 0. The van der Waals surface area contributed by atoms with Crippen LogP contribution in [0.5, 0.6) is 11.5 Å². The van der Waals surface area contributed by atoms with Crippen molar-refractivity contribution in [1.82, 2.24) is 0 Å². The van der Waals surface area contributed by atoms with Gasteiger partial charge in [-0.25, -0.2) is 0 Å². The smallest absolute Gasteiger partial charge is 0.138 e. The number of fused-ring (bicyclic) bond motifs is 1. The van der Waals surface area contributed by atoms with Crippen LogP contribution in [-0.4, -0.2) is 18.0 Å². The number of rotatable bonds is 9. The fourth-order valence-corrected chi connectivity index (χ4v) is 3.13. The van der Waals surface area contributed by atoms with E-state index in [0.717, 1.165) is 34.0 Å². The first-order valence-corrected chi connectivity index (χ1v) is 9.69. The number of hydrogen-bond acceptors (Lipinski definition) is 2. The highest BCUT2D eigenvalue weighted by Crippen LogP contribution is 2.34. The average molecular weight is 400 g/mol. The molecule has 2 nitrogen and oxygen atoms in total. The van der Waals surface area contributed by atoms with Crippen molar-refractivity contribution in [2.24, 2.45) is 0 Å². The number of alkyl halides is 1. The first kappa shape index (κ1) is 18.4. The van der Waals surface area contributed by atoms with Gasteiger partial charge in [-0.1, -0.05) is 46.4 Å². The molecular weight excluding hydrogens is 376 g/mol. The molecule has 2 aromatic carbocycles. The van der Waals surface area contributed by atoms with Crippen molar-refractivity contribution in [3.63, 3.8) is 0 Å². The molecule has 0 aliphatic carbocycles. The summed E-state index contributed by atoms with van der Waals surface area (Å²) in [5.41, 5.74) is 0. The van der Waals surface area contributed by atoms with Crippen molar-refractivity contribution in [1.29, 1.82) is 0 Å². The SMILES string of the molecule is CC(C)Oc1ccc2c(Cl)c(OCCCCCCBr)ccc2c1. The minimum atomic E-state index is 0.162. The Morgan fingerprint density at radius 3 is 2.57 bits per heavy atom. The Balaban J connectivity index is 2.01. The Bertz CT molecular complexity index is 628. The Morgan fingerprint density at radius 1 is 1.04 bits per heavy atom. The van der Waals surface area contributed by atoms with Crippen LogP contribution in [0.15, 0.2) is 30.3 Å². The number of unbranched alkanes of at least 4 members (excludes halogenated alkanes) is 3. The van der Waals surface area contributed by atoms with Gasteiger partial charge in [-0.2, -0.15) is 0 Å². The Kier molecular flexibility index (Phi) is 7.51. The summed E-state index contributed by atoms with van der Waals surface area (Å²) in [4.78, 5) is 0. The second-order valence-electron chi connectivity index (χ2n) is 5.88. The predicted molar refractivity (Wildman–Crippen MR) is 102 cm³/mol. The fourth-order valence-electron chi connectivity index (χ4n) is 2.44. The summed E-state index contributed by atoms with van der Waals surface area (Å²) in [5.74, 6) is 1.63. The van der Waals surface area contributed by atoms with E-state index < -0.39 is 0 Å². The number of halogens is 2. The monoisotopic (exact) mass is 398 g/mol. The lowest BCUT2D eigenvalue weighted by Gasteiger charge is -2.13. The second kappa shape index (κ2) is 9.39. The van der Waals surface area contributed by atoms with Crippen LogP contribution in [0.1, 0.15) is 39.5 Å². The molecule has 0 aliphatic rings. The average Bonchev–Trinajstić information content (AvgIpc) is 2.52. The molecule has 0 unspecified atom stereocenters. The molecule has 0 heterocycles. The zero-order valence-corrected chi connectivity index (χ0v) is 16.1. The van der Waals surface area contributed by atoms with Crippen LogP contribution in [0.4, 0.5) is 0 Å². The minimum Gasteiger partial charge on any atom is -0.492 e. The van der Waals surface area contributed by atoms with Crippen LogP contribution in [0.25, 0.3) is 10.8 Å². The van der Waals surface area contributed by atoms with Crippen LogP contribution in [0.3, 0.4) is 0 Å². The molecule has 2 rings (SSSR count). The van der Waals surface area contributed by atoms with E-state index in [1.54, 1.807) is 0 Å². The first-order valence-electron chi connectivity index (χ1n) is 8.19. The summed E-state index contributed by atoms with van der Waals surface area (Å²) in [6.45, 7) is 4.75. The van der Waals surface area contributed by atoms with E-state index in [0.29, 0.717) is 11.6 Å². The van der Waals surface area contributed by atoms with Crippen LogP contribution < -0.4 is 9.47 Å². The molecule has 0 saturated carbocycles. The van der Waals surface area contributed by atoms with Crippen molar-refractivity contribution in [2.75, 3.05) is 11.9 Å². The van der Waals surface area contributed by atoms with Crippen molar-refractivity contribution in [3.05, 3.63) is 35.4 Å². The van der Waals surface area contributed by atoms with Gasteiger partial charge in [0.15, 0.2) is 0 Å². The Hall–Kier alpha value is -0.930. The van der Waals surface area contributed by atoms with E-state index in [2.05, 4.69) is 15.9 Å². The molecule has 2 aromatic rings. The van der Waals surface area contributed by atoms with Crippen molar-refractivity contribution in [3.8, 4) is 11.5 Å². The maximum atomic E-state index is 6.49. The lowest BCUT2D eigenvalue weighted by atomic mass is 10.1. The highest BCUT2D eigenvalue weighted by Gasteiger charge is 2.08. The molecule has 0 atom stereocenters. The van der Waals surface area contributed by atoms with Gasteiger partial charge >= 0.3 is 0 Å². The van der Waals surface area contributed by atoms with E-state index in [9.17, 15) is 0 Å². The minimum absolute atomic E-state index is 0.162. The molecule has 0 aromatic heterocycles. The third-order valence-electron chi connectivity index (χ3n) is 3.55. The first-order chi connectivity index (χ1) is 11.1. The molecule has 0 spiro atoms. The van der Waals surface area contributed by atoms with E-state index in [1.807, 2.05) is 44.2 Å². The van der Waals surface area contributed by atoms with Gasteiger partial charge in [0, 0.05) is 10.7 Å². The van der Waals surface area contributed by atoms with Gasteiger partial charge in [0.05, 0.1) is 17.7 Å². The summed E-state index contributed by atoms with van der Waals surface area (Å²) in [7, 11) is 0. The summed E-state index contributed by atoms with van der Waals surface area (Å²) >= 11 is 9.94. The maximum Gasteiger partial charge on any atom is 0.138 e. The molecule has 0 aliphatic heterocycles. The topological polar surface area (TPSA) is 18.5 Å². The second-order valence-corrected chi connectivity index (χ2v) is 7.05. The zero-order valence-electron chi connectivity index (χ0n) is 13.8. The van der Waals surface area contributed by atoms with Gasteiger partial charge in [-0.15, -0.1) is 0 Å². The quantitative estimate of drug-likeness (QED) is 0.348. The zero-order chi connectivity index (χ0) is 16.7. The van der Waals surface area contributed by atoms with Gasteiger partial charge in [0.1, 0.15) is 11.5 Å². The van der Waals surface area contributed by atoms with Crippen LogP contribution in [-0.2, 0) is 0 Å². The molecule has 0 bridgehead atoms. The van der Waals surface area contributed by atoms with Gasteiger partial charge in [-0.3, -0.25) is 0 Å². The lowest BCUT2D eigenvalue weighted by molar-refractivity contribution is 0.243. The van der Waals surface area contributed by atoms with Gasteiger partial charge in [-0.05, 0) is 56.3 Å². The summed E-state index contributed by atoms with van der Waals surface area (Å²) < 4.78 is 11.6. The third-order valence-corrected chi connectivity index (χ3v) is 4.50. The van der Waals surface area contributed by atoms with Gasteiger partial charge < -0.3 is 9.47 Å².